The quantitative estimate of drug-likeness (QED) is 0.127. The van der Waals surface area contributed by atoms with Crippen LogP contribution in [0.3, 0.4) is 0 Å². The van der Waals surface area contributed by atoms with Gasteiger partial charge in [0.15, 0.2) is 0 Å². The number of halogens is 4. The van der Waals surface area contributed by atoms with Gasteiger partial charge in [0, 0.05) is 25.9 Å². The fourth-order valence-electron chi connectivity index (χ4n) is 5.05. The molecule has 284 valence electrons. The molecule has 0 saturated heterocycles. The number of aliphatic hydroxyl groups is 1. The number of nitrogens with two attached hydrogens (primary N) is 4. The average molecular weight is 789 g/mol. The first-order chi connectivity index (χ1) is 22.0. The number of phenols is 2. The molecule has 3 rings (SSSR count). The van der Waals surface area contributed by atoms with Crippen molar-refractivity contribution in [3.8, 4) is 22.6 Å². The molecule has 0 fully saturated rings. The van der Waals surface area contributed by atoms with Crippen molar-refractivity contribution in [1.82, 2.24) is 21.3 Å². The van der Waals surface area contributed by atoms with Gasteiger partial charge in [-0.3, -0.25) is 19.2 Å². The Morgan fingerprint density at radius 2 is 1.40 bits per heavy atom. The summed E-state index contributed by atoms with van der Waals surface area (Å²) in [5, 5.41) is 41.6. The van der Waals surface area contributed by atoms with Crippen LogP contribution in [0.5, 0.6) is 11.5 Å². The molecule has 5 atom stereocenters. The van der Waals surface area contributed by atoms with Crippen molar-refractivity contribution in [2.45, 2.75) is 68.8 Å². The maximum absolute atomic E-state index is 13.8. The Balaban J connectivity index is 0. The van der Waals surface area contributed by atoms with Gasteiger partial charge in [0.05, 0.1) is 12.1 Å². The third kappa shape index (κ3) is 14.2. The third-order valence-electron chi connectivity index (χ3n) is 7.77. The molecule has 50 heavy (non-hydrogen) atoms. The summed E-state index contributed by atoms with van der Waals surface area (Å²) >= 11 is 0. The molecule has 1 aliphatic heterocycles. The number of aromatic hydroxyl groups is 2. The van der Waals surface area contributed by atoms with Gasteiger partial charge in [0.1, 0.15) is 29.6 Å². The smallest absolute Gasteiger partial charge is 0.243 e. The lowest BCUT2D eigenvalue weighted by atomic mass is 9.95. The fourth-order valence-corrected chi connectivity index (χ4v) is 5.05. The van der Waals surface area contributed by atoms with E-state index in [9.17, 15) is 34.5 Å². The summed E-state index contributed by atoms with van der Waals surface area (Å²) in [5.41, 5.74) is 25.0. The van der Waals surface area contributed by atoms with Crippen LogP contribution in [-0.4, -0.2) is 95.4 Å². The number of phenolic OH excluding ortho intramolecular Hbond substituents is 2. The molecule has 0 aliphatic carbocycles. The second-order valence-electron chi connectivity index (χ2n) is 11.4. The third-order valence-corrected chi connectivity index (χ3v) is 7.77. The summed E-state index contributed by atoms with van der Waals surface area (Å²) in [6.07, 6.45) is -0.123. The van der Waals surface area contributed by atoms with Gasteiger partial charge in [-0.25, -0.2) is 0 Å². The molecule has 0 radical (unpaired) electrons. The van der Waals surface area contributed by atoms with Gasteiger partial charge >= 0.3 is 0 Å². The Morgan fingerprint density at radius 1 is 0.840 bits per heavy atom. The van der Waals surface area contributed by atoms with Crippen molar-refractivity contribution in [2.24, 2.45) is 22.9 Å². The Labute approximate surface area is 316 Å². The van der Waals surface area contributed by atoms with E-state index in [1.54, 1.807) is 24.3 Å². The molecule has 15 N–H and O–H groups in total. The molecule has 0 spiro atoms. The summed E-state index contributed by atoms with van der Waals surface area (Å²) in [6, 6.07) is 4.98. The fraction of sp³-hybridized carbons (Fsp3) is 0.484. The van der Waals surface area contributed by atoms with Crippen LogP contribution < -0.4 is 44.2 Å². The SMILES string of the molecule is Cl.Cl.Cl.Cl.NCCC[C@H](NC(=O)[C@@H]1Cc2cc(ccc2O)-c2ccc(O)c(c2)C[C@H](N)C(=O)N[C@@H](CCCN)C(=O)N1)C(=O)NCC(O)CN. The molecule has 4 amide bonds. The largest absolute Gasteiger partial charge is 0.508 e. The van der Waals surface area contributed by atoms with E-state index >= 15 is 0 Å². The normalized spacial score (nSPS) is 18.3. The van der Waals surface area contributed by atoms with Crippen molar-refractivity contribution in [1.29, 1.82) is 0 Å². The predicted molar refractivity (Wildman–Crippen MR) is 200 cm³/mol. The Morgan fingerprint density at radius 3 is 1.94 bits per heavy atom. The van der Waals surface area contributed by atoms with Crippen LogP contribution in [0.25, 0.3) is 11.1 Å². The van der Waals surface area contributed by atoms with E-state index in [1.807, 2.05) is 0 Å². The van der Waals surface area contributed by atoms with Gasteiger partial charge < -0.3 is 59.5 Å². The molecule has 1 aliphatic rings. The van der Waals surface area contributed by atoms with Gasteiger partial charge in [0.2, 0.25) is 23.6 Å². The second kappa shape index (κ2) is 24.1. The number of hydrogen-bond acceptors (Lipinski definition) is 11. The van der Waals surface area contributed by atoms with Crippen molar-refractivity contribution < 1.29 is 34.5 Å². The minimum atomic E-state index is -1.30. The molecule has 1 unspecified atom stereocenters. The molecular formula is C31H50Cl4N8O7. The van der Waals surface area contributed by atoms with Gasteiger partial charge in [-0.05, 0) is 85.3 Å². The lowest BCUT2D eigenvalue weighted by Gasteiger charge is -2.26. The maximum Gasteiger partial charge on any atom is 0.243 e. The van der Waals surface area contributed by atoms with E-state index in [-0.39, 0.29) is 113 Å². The Kier molecular flexibility index (Phi) is 23.6. The Hall–Kier alpha value is -3.12. The molecular weight excluding hydrogens is 738 g/mol. The first kappa shape index (κ1) is 49.0. The minimum Gasteiger partial charge on any atom is -0.508 e. The molecule has 2 aromatic rings. The van der Waals surface area contributed by atoms with Gasteiger partial charge in [-0.1, -0.05) is 12.1 Å². The zero-order valence-electron chi connectivity index (χ0n) is 27.3. The maximum atomic E-state index is 13.8. The summed E-state index contributed by atoms with van der Waals surface area (Å²) in [6.45, 7) is 0.271. The van der Waals surface area contributed by atoms with Crippen molar-refractivity contribution >= 4 is 73.3 Å². The predicted octanol–water partition coefficient (Wildman–Crippen LogP) is -0.754. The van der Waals surface area contributed by atoms with E-state index < -0.39 is 53.9 Å². The number of hydrogen-bond donors (Lipinski definition) is 11. The Bertz CT molecular complexity index is 1390. The zero-order chi connectivity index (χ0) is 33.8. The molecule has 15 nitrogen and oxygen atoms in total. The van der Waals surface area contributed by atoms with E-state index in [1.165, 1.54) is 12.1 Å². The van der Waals surface area contributed by atoms with Gasteiger partial charge in [-0.15, -0.1) is 49.6 Å². The topological polar surface area (TPSA) is 281 Å². The lowest BCUT2D eigenvalue weighted by Crippen LogP contribution is -2.58. The highest BCUT2D eigenvalue weighted by Gasteiger charge is 2.31. The highest BCUT2D eigenvalue weighted by atomic mass is 35.5. The highest BCUT2D eigenvalue weighted by molar-refractivity contribution is 5.95. The van der Waals surface area contributed by atoms with Gasteiger partial charge in [0.25, 0.3) is 0 Å². The number of amides is 4. The van der Waals surface area contributed by atoms with Crippen LogP contribution in [0.4, 0.5) is 0 Å². The number of nitrogens with one attached hydrogen (secondary N) is 4. The first-order valence-corrected chi connectivity index (χ1v) is 15.3. The average Bonchev–Trinajstić information content (AvgIpc) is 3.04. The standard InChI is InChI=1S/C31H46N8O7.4ClH/c32-9-1-3-23(29(44)36-16-21(40)15-34)38-31(46)25-14-20-12-18(6-8-27(20)42)17-5-7-26(41)19(11-17)13-22(35)28(43)37-24(4-2-10-33)30(45)39-25;;;;/h5-8,11-12,21-25,40-42H,1-4,9-10,13-16,32-35H2,(H,36,44)(H,37,43)(H,38,46)(H,39,45);4*1H/t21?,22-,23-,24-,25-;;;;/m0..../s1. The second-order valence-corrected chi connectivity index (χ2v) is 11.4. The van der Waals surface area contributed by atoms with Crippen molar-refractivity contribution in [3.05, 3.63) is 47.5 Å². The number of aliphatic hydroxyl groups excluding tert-OH is 1. The summed E-state index contributed by atoms with van der Waals surface area (Å²) in [5.74, 6) is -2.84. The monoisotopic (exact) mass is 786 g/mol. The number of benzene rings is 2. The first-order valence-electron chi connectivity index (χ1n) is 15.3. The van der Waals surface area contributed by atoms with Crippen LogP contribution in [0.2, 0.25) is 0 Å². The number of carbonyl (C=O) groups is 4. The van der Waals surface area contributed by atoms with Crippen LogP contribution in [0, 0.1) is 0 Å². The molecule has 0 saturated carbocycles. The van der Waals surface area contributed by atoms with Crippen LogP contribution in [0.15, 0.2) is 36.4 Å². The molecule has 4 bridgehead atoms. The molecule has 2 aromatic carbocycles. The van der Waals surface area contributed by atoms with Crippen LogP contribution >= 0.6 is 49.6 Å². The lowest BCUT2D eigenvalue weighted by molar-refractivity contribution is -0.134. The molecule has 1 heterocycles. The number of rotatable bonds is 12. The van der Waals surface area contributed by atoms with Gasteiger partial charge in [-0.2, -0.15) is 0 Å². The van der Waals surface area contributed by atoms with Crippen LogP contribution in [-0.2, 0) is 32.0 Å². The van der Waals surface area contributed by atoms with E-state index in [4.69, 9.17) is 22.9 Å². The summed E-state index contributed by atoms with van der Waals surface area (Å²) < 4.78 is 0. The van der Waals surface area contributed by atoms with Crippen molar-refractivity contribution in [2.75, 3.05) is 26.2 Å². The van der Waals surface area contributed by atoms with E-state index in [2.05, 4.69) is 21.3 Å². The molecule has 19 heteroatoms. The molecule has 0 aromatic heterocycles. The van der Waals surface area contributed by atoms with E-state index in [0.29, 0.717) is 35.1 Å². The zero-order valence-corrected chi connectivity index (χ0v) is 30.6. The van der Waals surface area contributed by atoms with Crippen LogP contribution in [0.1, 0.15) is 36.8 Å². The number of carbonyl (C=O) groups excluding carboxylic acids is 4. The highest BCUT2D eigenvalue weighted by Crippen LogP contribution is 2.31. The minimum absolute atomic E-state index is 0. The number of fused-ring (bicyclic) bond motifs is 5. The van der Waals surface area contributed by atoms with Crippen molar-refractivity contribution in [3.63, 3.8) is 0 Å². The summed E-state index contributed by atoms with van der Waals surface area (Å²) in [4.78, 5) is 53.5. The van der Waals surface area contributed by atoms with E-state index in [0.717, 1.165) is 0 Å². The summed E-state index contributed by atoms with van der Waals surface area (Å²) in [7, 11) is 0.